The molecule has 0 spiro atoms. The van der Waals surface area contributed by atoms with Gasteiger partial charge < -0.3 is 10.2 Å². The zero-order valence-corrected chi connectivity index (χ0v) is 13.6. The van der Waals surface area contributed by atoms with Gasteiger partial charge in [-0.15, -0.1) is 0 Å². The Kier molecular flexibility index (Phi) is 5.63. The fraction of sp³-hybridized carbons (Fsp3) is 0.222. The first kappa shape index (κ1) is 17.2. The molecule has 1 aromatic heterocycles. The van der Waals surface area contributed by atoms with Crippen molar-refractivity contribution < 1.29 is 9.59 Å². The van der Waals surface area contributed by atoms with E-state index < -0.39 is 11.8 Å². The molecule has 6 heteroatoms. The van der Waals surface area contributed by atoms with E-state index in [-0.39, 0.29) is 6.04 Å². The van der Waals surface area contributed by atoms with Gasteiger partial charge in [0.05, 0.1) is 17.7 Å². The summed E-state index contributed by atoms with van der Waals surface area (Å²) in [5.41, 5.74) is 1.75. The Bertz CT molecular complexity index is 768. The van der Waals surface area contributed by atoms with Crippen LogP contribution < -0.4 is 5.32 Å². The van der Waals surface area contributed by atoms with Crippen LogP contribution in [-0.2, 0) is 9.59 Å². The third kappa shape index (κ3) is 3.96. The Morgan fingerprint density at radius 1 is 1.29 bits per heavy atom. The van der Waals surface area contributed by atoms with Crippen LogP contribution in [0.3, 0.4) is 0 Å². The predicted molar refractivity (Wildman–Crippen MR) is 89.8 cm³/mol. The molecule has 0 aliphatic carbocycles. The fourth-order valence-corrected chi connectivity index (χ4v) is 2.47. The average molecular weight is 322 g/mol. The quantitative estimate of drug-likeness (QED) is 0.876. The highest BCUT2D eigenvalue weighted by Crippen LogP contribution is 2.22. The van der Waals surface area contributed by atoms with Gasteiger partial charge in [-0.05, 0) is 42.3 Å². The molecule has 0 unspecified atom stereocenters. The first-order chi connectivity index (χ1) is 11.6. The van der Waals surface area contributed by atoms with Crippen molar-refractivity contribution in [2.24, 2.45) is 0 Å². The number of aromatic nitrogens is 1. The fourth-order valence-electron chi connectivity index (χ4n) is 2.47. The molecule has 0 bridgehead atoms. The zero-order chi connectivity index (χ0) is 17.5. The summed E-state index contributed by atoms with van der Waals surface area (Å²) in [6.07, 6.45) is 3.98. The Morgan fingerprint density at radius 2 is 2.00 bits per heavy atom. The second kappa shape index (κ2) is 7.88. The summed E-state index contributed by atoms with van der Waals surface area (Å²) in [6.45, 7) is 1.95. The van der Waals surface area contributed by atoms with Crippen LogP contribution in [0.25, 0.3) is 0 Å². The van der Waals surface area contributed by atoms with Crippen molar-refractivity contribution in [3.63, 3.8) is 0 Å². The molecular formula is C18H18N4O2. The average Bonchev–Trinajstić information content (AvgIpc) is 2.62. The molecule has 0 saturated carbocycles. The van der Waals surface area contributed by atoms with Gasteiger partial charge in [-0.1, -0.05) is 13.0 Å². The number of amides is 2. The number of rotatable bonds is 4. The van der Waals surface area contributed by atoms with E-state index in [2.05, 4.69) is 10.3 Å². The summed E-state index contributed by atoms with van der Waals surface area (Å²) >= 11 is 0. The summed E-state index contributed by atoms with van der Waals surface area (Å²) in [4.78, 5) is 30.0. The number of carbonyl (C=O) groups is 2. The Morgan fingerprint density at radius 3 is 2.62 bits per heavy atom. The van der Waals surface area contributed by atoms with Crippen LogP contribution in [0.4, 0.5) is 5.69 Å². The summed E-state index contributed by atoms with van der Waals surface area (Å²) in [6, 6.07) is 11.9. The summed E-state index contributed by atoms with van der Waals surface area (Å²) in [7, 11) is 1.60. The van der Waals surface area contributed by atoms with E-state index in [0.717, 1.165) is 5.56 Å². The van der Waals surface area contributed by atoms with E-state index in [0.29, 0.717) is 17.7 Å². The molecule has 2 amide bonds. The Hall–Kier alpha value is -3.20. The van der Waals surface area contributed by atoms with Crippen LogP contribution in [0.1, 0.15) is 30.5 Å². The third-order valence-corrected chi connectivity index (χ3v) is 3.71. The van der Waals surface area contributed by atoms with Crippen molar-refractivity contribution in [2.75, 3.05) is 12.4 Å². The molecule has 1 heterocycles. The van der Waals surface area contributed by atoms with E-state index in [9.17, 15) is 9.59 Å². The second-order valence-electron chi connectivity index (χ2n) is 5.27. The molecule has 0 saturated heterocycles. The summed E-state index contributed by atoms with van der Waals surface area (Å²) in [5, 5.41) is 11.4. The number of nitrogens with one attached hydrogen (secondary N) is 1. The molecule has 0 fully saturated rings. The van der Waals surface area contributed by atoms with Crippen LogP contribution in [-0.4, -0.2) is 28.7 Å². The molecule has 122 valence electrons. The Balaban J connectivity index is 2.11. The lowest BCUT2D eigenvalue weighted by atomic mass is 10.0. The molecule has 1 aromatic carbocycles. The van der Waals surface area contributed by atoms with Crippen molar-refractivity contribution in [1.82, 2.24) is 9.88 Å². The van der Waals surface area contributed by atoms with Crippen LogP contribution >= 0.6 is 0 Å². The molecule has 24 heavy (non-hydrogen) atoms. The number of pyridine rings is 1. The van der Waals surface area contributed by atoms with E-state index in [1.165, 1.54) is 11.0 Å². The molecule has 0 aliphatic rings. The van der Waals surface area contributed by atoms with Gasteiger partial charge in [0.2, 0.25) is 0 Å². The monoisotopic (exact) mass is 322 g/mol. The lowest BCUT2D eigenvalue weighted by molar-refractivity contribution is -0.143. The maximum Gasteiger partial charge on any atom is 0.313 e. The molecule has 2 rings (SSSR count). The largest absolute Gasteiger partial charge is 0.330 e. The Labute approximate surface area is 140 Å². The maximum atomic E-state index is 12.4. The van der Waals surface area contributed by atoms with E-state index in [1.54, 1.807) is 37.6 Å². The normalized spacial score (nSPS) is 11.2. The number of likely N-dealkylation sites (N-methyl/N-ethyl adjacent to an activating group) is 1. The molecule has 2 aromatic rings. The highest BCUT2D eigenvalue weighted by Gasteiger charge is 2.25. The number of benzene rings is 1. The summed E-state index contributed by atoms with van der Waals surface area (Å²) < 4.78 is 0. The van der Waals surface area contributed by atoms with Crippen LogP contribution in [0.15, 0.2) is 48.8 Å². The minimum atomic E-state index is -0.736. The lowest BCUT2D eigenvalue weighted by Crippen LogP contribution is -2.39. The van der Waals surface area contributed by atoms with Gasteiger partial charge in [-0.2, -0.15) is 5.26 Å². The minimum absolute atomic E-state index is 0.211. The zero-order valence-electron chi connectivity index (χ0n) is 13.6. The van der Waals surface area contributed by atoms with Gasteiger partial charge in [-0.25, -0.2) is 0 Å². The van der Waals surface area contributed by atoms with Crippen molar-refractivity contribution >= 4 is 17.5 Å². The number of hydrogen-bond acceptors (Lipinski definition) is 4. The number of nitriles is 1. The van der Waals surface area contributed by atoms with E-state index >= 15 is 0 Å². The van der Waals surface area contributed by atoms with Gasteiger partial charge in [0.15, 0.2) is 0 Å². The molecule has 1 N–H and O–H groups in total. The third-order valence-electron chi connectivity index (χ3n) is 3.71. The van der Waals surface area contributed by atoms with Crippen molar-refractivity contribution in [3.8, 4) is 6.07 Å². The standard InChI is InChI=1S/C18H18N4O2/c1-3-16(14-7-9-20-10-8-14)22(2)18(24)17(23)21-15-6-4-5-13(11-15)12-19/h4-11,16H,3H2,1-2H3,(H,21,23)/t16-/m0/s1. The van der Waals surface area contributed by atoms with E-state index in [4.69, 9.17) is 5.26 Å². The molecule has 6 nitrogen and oxygen atoms in total. The maximum absolute atomic E-state index is 12.4. The van der Waals surface area contributed by atoms with Crippen molar-refractivity contribution in [2.45, 2.75) is 19.4 Å². The molecule has 0 aliphatic heterocycles. The van der Waals surface area contributed by atoms with E-state index in [1.807, 2.05) is 25.1 Å². The van der Waals surface area contributed by atoms with Gasteiger partial charge in [0.25, 0.3) is 0 Å². The number of carbonyl (C=O) groups excluding carboxylic acids is 2. The lowest BCUT2D eigenvalue weighted by Gasteiger charge is -2.27. The molecular weight excluding hydrogens is 304 g/mol. The van der Waals surface area contributed by atoms with Crippen LogP contribution in [0.5, 0.6) is 0 Å². The highest BCUT2D eigenvalue weighted by atomic mass is 16.2. The van der Waals surface area contributed by atoms with Crippen molar-refractivity contribution in [1.29, 1.82) is 5.26 Å². The first-order valence-electron chi connectivity index (χ1n) is 7.55. The SMILES string of the molecule is CC[C@@H](c1ccncc1)N(C)C(=O)C(=O)Nc1cccc(C#N)c1. The number of nitrogens with zero attached hydrogens (tertiary/aromatic N) is 3. The number of anilines is 1. The summed E-state index contributed by atoms with van der Waals surface area (Å²) in [5.74, 6) is -1.37. The number of hydrogen-bond donors (Lipinski definition) is 1. The van der Waals surface area contributed by atoms with Crippen LogP contribution in [0, 0.1) is 11.3 Å². The highest BCUT2D eigenvalue weighted by molar-refractivity contribution is 6.39. The van der Waals surface area contributed by atoms with Gasteiger partial charge in [0, 0.05) is 25.1 Å². The smallest absolute Gasteiger partial charge is 0.313 e. The van der Waals surface area contributed by atoms with Crippen LogP contribution in [0.2, 0.25) is 0 Å². The topological polar surface area (TPSA) is 86.1 Å². The van der Waals surface area contributed by atoms with Gasteiger partial charge in [0.1, 0.15) is 0 Å². The second-order valence-corrected chi connectivity index (χ2v) is 5.27. The van der Waals surface area contributed by atoms with Crippen molar-refractivity contribution in [3.05, 3.63) is 59.9 Å². The van der Waals surface area contributed by atoms with Gasteiger partial charge in [-0.3, -0.25) is 14.6 Å². The van der Waals surface area contributed by atoms with Gasteiger partial charge >= 0.3 is 11.8 Å². The predicted octanol–water partition coefficient (Wildman–Crippen LogP) is 2.50. The minimum Gasteiger partial charge on any atom is -0.330 e. The first-order valence-corrected chi connectivity index (χ1v) is 7.55. The molecule has 0 radical (unpaired) electrons. The molecule has 1 atom stereocenters.